The van der Waals surface area contributed by atoms with Crippen LogP contribution in [0.4, 0.5) is 0 Å². The van der Waals surface area contributed by atoms with Crippen molar-refractivity contribution >= 4 is 5.97 Å². The van der Waals surface area contributed by atoms with E-state index in [0.717, 1.165) is 11.1 Å². The maximum absolute atomic E-state index is 11.6. The number of hydrogen-bond acceptors (Lipinski definition) is 2. The Morgan fingerprint density at radius 1 is 1.00 bits per heavy atom. The third-order valence-corrected chi connectivity index (χ3v) is 3.71. The van der Waals surface area contributed by atoms with Crippen LogP contribution in [0.1, 0.15) is 18.1 Å². The molecule has 1 N–H and O–H groups in total. The van der Waals surface area contributed by atoms with Gasteiger partial charge in [0.25, 0.3) is 0 Å². The molecule has 0 radical (unpaired) electrons. The smallest absolute Gasteiger partial charge is 0.309 e. The van der Waals surface area contributed by atoms with Crippen molar-refractivity contribution in [3.05, 3.63) is 71.8 Å². The Morgan fingerprint density at radius 2 is 1.40 bits per heavy atom. The Labute approximate surface area is 118 Å². The molecular weight excluding hydrogens is 252 g/mol. The molecule has 104 valence electrons. The highest BCUT2D eigenvalue weighted by Crippen LogP contribution is 2.40. The highest BCUT2D eigenvalue weighted by atomic mass is 16.5. The van der Waals surface area contributed by atoms with Gasteiger partial charge in [-0.3, -0.25) is 4.79 Å². The average Bonchev–Trinajstić information content (AvgIpc) is 2.50. The van der Waals surface area contributed by atoms with Gasteiger partial charge in [0.15, 0.2) is 0 Å². The third kappa shape index (κ3) is 2.32. The van der Waals surface area contributed by atoms with E-state index >= 15 is 0 Å². The Kier molecular flexibility index (Phi) is 4.20. The Morgan fingerprint density at radius 3 is 1.70 bits per heavy atom. The average molecular weight is 270 g/mol. The van der Waals surface area contributed by atoms with Gasteiger partial charge in [-0.2, -0.15) is 0 Å². The highest BCUT2D eigenvalue weighted by Gasteiger charge is 2.43. The van der Waals surface area contributed by atoms with Crippen molar-refractivity contribution in [3.8, 4) is 0 Å². The molecule has 3 nitrogen and oxygen atoms in total. The minimum absolute atomic E-state index is 0.711. The van der Waals surface area contributed by atoms with E-state index in [1.54, 1.807) is 14.0 Å². The van der Waals surface area contributed by atoms with E-state index in [2.05, 4.69) is 0 Å². The fourth-order valence-electron chi connectivity index (χ4n) is 2.62. The molecule has 1 atom stereocenters. The lowest BCUT2D eigenvalue weighted by Crippen LogP contribution is -2.41. The first-order valence-electron chi connectivity index (χ1n) is 6.52. The Hall–Kier alpha value is -2.13. The predicted octanol–water partition coefficient (Wildman–Crippen LogP) is 3.30. The molecule has 0 aliphatic heterocycles. The molecule has 2 rings (SSSR count). The van der Waals surface area contributed by atoms with Crippen molar-refractivity contribution in [1.82, 2.24) is 0 Å². The summed E-state index contributed by atoms with van der Waals surface area (Å²) in [5, 5.41) is 9.49. The quantitative estimate of drug-likeness (QED) is 0.906. The van der Waals surface area contributed by atoms with Crippen molar-refractivity contribution in [1.29, 1.82) is 0 Å². The maximum Gasteiger partial charge on any atom is 0.309 e. The van der Waals surface area contributed by atoms with Crippen LogP contribution in [0.2, 0.25) is 0 Å². The van der Waals surface area contributed by atoms with E-state index < -0.39 is 17.5 Å². The van der Waals surface area contributed by atoms with Gasteiger partial charge in [-0.15, -0.1) is 0 Å². The second-order valence-corrected chi connectivity index (χ2v) is 4.73. The van der Waals surface area contributed by atoms with Gasteiger partial charge in [-0.1, -0.05) is 60.7 Å². The topological polar surface area (TPSA) is 46.5 Å². The number of methoxy groups -OCH3 is 1. The van der Waals surface area contributed by atoms with Gasteiger partial charge in [-0.05, 0) is 18.1 Å². The van der Waals surface area contributed by atoms with Crippen LogP contribution in [0.3, 0.4) is 0 Å². The minimum atomic E-state index is -0.992. The number of benzene rings is 2. The number of carboxylic acids is 1. The first-order valence-corrected chi connectivity index (χ1v) is 6.52. The molecule has 0 saturated carbocycles. The van der Waals surface area contributed by atoms with E-state index in [1.807, 2.05) is 60.7 Å². The lowest BCUT2D eigenvalue weighted by Gasteiger charge is -2.37. The van der Waals surface area contributed by atoms with Crippen molar-refractivity contribution in [2.24, 2.45) is 5.92 Å². The first kappa shape index (κ1) is 14.3. The summed E-state index contributed by atoms with van der Waals surface area (Å²) in [5.41, 5.74) is 0.682. The normalized spacial score (nSPS) is 12.9. The SMILES string of the molecule is COC(c1ccccc1)(c1ccccc1)C(C)C(=O)O. The zero-order valence-corrected chi connectivity index (χ0v) is 11.6. The Bertz CT molecular complexity index is 524. The van der Waals surface area contributed by atoms with Gasteiger partial charge in [0.2, 0.25) is 0 Å². The van der Waals surface area contributed by atoms with E-state index in [0.29, 0.717) is 0 Å². The molecule has 0 amide bonds. The summed E-state index contributed by atoms with van der Waals surface area (Å²) in [6.45, 7) is 1.67. The van der Waals surface area contributed by atoms with E-state index in [1.165, 1.54) is 0 Å². The van der Waals surface area contributed by atoms with Crippen LogP contribution in [0, 0.1) is 5.92 Å². The van der Waals surface area contributed by atoms with Crippen molar-refractivity contribution in [3.63, 3.8) is 0 Å². The van der Waals surface area contributed by atoms with Crippen molar-refractivity contribution in [2.75, 3.05) is 7.11 Å². The van der Waals surface area contributed by atoms with Crippen LogP contribution in [-0.4, -0.2) is 18.2 Å². The maximum atomic E-state index is 11.6. The number of carbonyl (C=O) groups is 1. The highest BCUT2D eigenvalue weighted by molar-refractivity contribution is 5.73. The fraction of sp³-hybridized carbons (Fsp3) is 0.235. The number of rotatable bonds is 5. The van der Waals surface area contributed by atoms with Gasteiger partial charge < -0.3 is 9.84 Å². The van der Waals surface area contributed by atoms with Crippen molar-refractivity contribution < 1.29 is 14.6 Å². The van der Waals surface area contributed by atoms with Crippen LogP contribution in [0.15, 0.2) is 60.7 Å². The van der Waals surface area contributed by atoms with E-state index in [9.17, 15) is 9.90 Å². The molecule has 0 aliphatic carbocycles. The minimum Gasteiger partial charge on any atom is -0.481 e. The van der Waals surface area contributed by atoms with Crippen LogP contribution in [0.25, 0.3) is 0 Å². The molecule has 0 bridgehead atoms. The molecule has 0 fully saturated rings. The summed E-state index contributed by atoms with van der Waals surface area (Å²) in [5.74, 6) is -1.60. The van der Waals surface area contributed by atoms with Crippen LogP contribution in [-0.2, 0) is 15.1 Å². The molecule has 0 aromatic heterocycles. The summed E-state index contributed by atoms with van der Waals surface area (Å²) in [7, 11) is 1.56. The number of carboxylic acid groups (broad SMARTS) is 1. The summed E-state index contributed by atoms with van der Waals surface area (Å²) < 4.78 is 5.75. The van der Waals surface area contributed by atoms with Crippen LogP contribution < -0.4 is 0 Å². The molecule has 0 aliphatic rings. The lowest BCUT2D eigenvalue weighted by atomic mass is 9.76. The van der Waals surface area contributed by atoms with Gasteiger partial charge in [0.1, 0.15) is 5.60 Å². The van der Waals surface area contributed by atoms with Gasteiger partial charge in [-0.25, -0.2) is 0 Å². The largest absolute Gasteiger partial charge is 0.481 e. The number of aliphatic carboxylic acids is 1. The molecule has 0 spiro atoms. The Balaban J connectivity index is 2.68. The number of hydrogen-bond donors (Lipinski definition) is 1. The van der Waals surface area contributed by atoms with Crippen molar-refractivity contribution in [2.45, 2.75) is 12.5 Å². The fourth-order valence-corrected chi connectivity index (χ4v) is 2.62. The monoisotopic (exact) mass is 270 g/mol. The molecule has 0 saturated heterocycles. The summed E-state index contributed by atoms with van der Waals surface area (Å²) in [6, 6.07) is 19.0. The zero-order valence-electron chi connectivity index (χ0n) is 11.6. The first-order chi connectivity index (χ1) is 9.63. The summed E-state index contributed by atoms with van der Waals surface area (Å²) in [4.78, 5) is 11.6. The number of ether oxygens (including phenoxy) is 1. The molecule has 0 heterocycles. The summed E-state index contributed by atoms with van der Waals surface area (Å²) >= 11 is 0. The second kappa shape index (κ2) is 5.88. The van der Waals surface area contributed by atoms with Crippen LogP contribution in [0.5, 0.6) is 0 Å². The molecule has 2 aromatic carbocycles. The van der Waals surface area contributed by atoms with E-state index in [4.69, 9.17) is 4.74 Å². The standard InChI is InChI=1S/C17H18O3/c1-13(16(18)19)17(20-2,14-9-5-3-6-10-14)15-11-7-4-8-12-15/h3-13H,1-2H3,(H,18,19). The molecular formula is C17H18O3. The summed E-state index contributed by atoms with van der Waals surface area (Å²) in [6.07, 6.45) is 0. The molecule has 3 heteroatoms. The van der Waals surface area contributed by atoms with E-state index in [-0.39, 0.29) is 0 Å². The molecule has 2 aromatic rings. The molecule has 20 heavy (non-hydrogen) atoms. The zero-order chi connectivity index (χ0) is 14.6. The second-order valence-electron chi connectivity index (χ2n) is 4.73. The van der Waals surface area contributed by atoms with Gasteiger partial charge in [0, 0.05) is 7.11 Å². The lowest BCUT2D eigenvalue weighted by molar-refractivity contribution is -0.151. The van der Waals surface area contributed by atoms with Gasteiger partial charge >= 0.3 is 5.97 Å². The third-order valence-electron chi connectivity index (χ3n) is 3.71. The van der Waals surface area contributed by atoms with Gasteiger partial charge in [0.05, 0.1) is 5.92 Å². The molecule has 1 unspecified atom stereocenters. The predicted molar refractivity (Wildman–Crippen MR) is 77.5 cm³/mol. The van der Waals surface area contributed by atoms with Crippen LogP contribution >= 0.6 is 0 Å².